The standard InChI is InChI=1S/C18H24N2O3/c1-13(18(21-2)22-3)20-17-11-15(9-10-16(17)19)23-12-14-7-5-4-6-8-14/h4-11,13,18,20H,12,19H2,1-3H3. The van der Waals surface area contributed by atoms with Crippen LogP contribution in [-0.2, 0) is 16.1 Å². The second-order valence-electron chi connectivity index (χ2n) is 5.30. The summed E-state index contributed by atoms with van der Waals surface area (Å²) >= 11 is 0. The van der Waals surface area contributed by atoms with Crippen molar-refractivity contribution in [2.75, 3.05) is 25.3 Å². The number of anilines is 2. The van der Waals surface area contributed by atoms with Crippen molar-refractivity contribution in [1.29, 1.82) is 0 Å². The molecule has 2 aromatic carbocycles. The van der Waals surface area contributed by atoms with E-state index in [-0.39, 0.29) is 12.3 Å². The number of ether oxygens (including phenoxy) is 3. The number of hydrogen-bond donors (Lipinski definition) is 2. The molecule has 0 aliphatic carbocycles. The Morgan fingerprint density at radius 3 is 2.39 bits per heavy atom. The number of nitrogens with one attached hydrogen (secondary N) is 1. The molecule has 5 nitrogen and oxygen atoms in total. The number of rotatable bonds is 8. The first-order valence-electron chi connectivity index (χ1n) is 7.52. The molecule has 0 bridgehead atoms. The van der Waals surface area contributed by atoms with Gasteiger partial charge in [0.1, 0.15) is 12.4 Å². The Labute approximate surface area is 137 Å². The van der Waals surface area contributed by atoms with Gasteiger partial charge in [0.05, 0.1) is 17.4 Å². The van der Waals surface area contributed by atoms with Gasteiger partial charge in [0.2, 0.25) is 0 Å². The van der Waals surface area contributed by atoms with E-state index in [0.29, 0.717) is 12.3 Å². The molecule has 0 aromatic heterocycles. The van der Waals surface area contributed by atoms with Crippen LogP contribution in [0.2, 0.25) is 0 Å². The van der Waals surface area contributed by atoms with Gasteiger partial charge in [0.25, 0.3) is 0 Å². The number of methoxy groups -OCH3 is 2. The van der Waals surface area contributed by atoms with Crippen molar-refractivity contribution in [1.82, 2.24) is 0 Å². The third-order valence-electron chi connectivity index (χ3n) is 3.53. The molecule has 1 atom stereocenters. The molecule has 0 aliphatic heterocycles. The molecular formula is C18H24N2O3. The lowest BCUT2D eigenvalue weighted by Crippen LogP contribution is -2.34. The van der Waals surface area contributed by atoms with E-state index in [0.717, 1.165) is 17.0 Å². The van der Waals surface area contributed by atoms with Crippen molar-refractivity contribution in [3.05, 3.63) is 54.1 Å². The minimum absolute atomic E-state index is 0.0586. The fourth-order valence-corrected chi connectivity index (χ4v) is 2.31. The quantitative estimate of drug-likeness (QED) is 0.578. The molecule has 0 fully saturated rings. The average Bonchev–Trinajstić information content (AvgIpc) is 2.57. The maximum atomic E-state index is 6.03. The Morgan fingerprint density at radius 2 is 1.74 bits per heavy atom. The van der Waals surface area contributed by atoms with Gasteiger partial charge >= 0.3 is 0 Å². The average molecular weight is 316 g/mol. The Balaban J connectivity index is 2.03. The van der Waals surface area contributed by atoms with Crippen LogP contribution in [0, 0.1) is 0 Å². The minimum atomic E-state index is -0.358. The van der Waals surface area contributed by atoms with E-state index >= 15 is 0 Å². The first-order valence-corrected chi connectivity index (χ1v) is 7.52. The molecule has 5 heteroatoms. The number of benzene rings is 2. The maximum Gasteiger partial charge on any atom is 0.176 e. The molecule has 0 saturated heterocycles. The summed E-state index contributed by atoms with van der Waals surface area (Å²) in [6.07, 6.45) is -0.358. The van der Waals surface area contributed by atoms with E-state index in [1.54, 1.807) is 14.2 Å². The zero-order chi connectivity index (χ0) is 16.7. The third kappa shape index (κ3) is 4.87. The topological polar surface area (TPSA) is 65.7 Å². The summed E-state index contributed by atoms with van der Waals surface area (Å²) in [7, 11) is 3.21. The molecule has 3 N–H and O–H groups in total. The molecule has 0 amide bonds. The smallest absolute Gasteiger partial charge is 0.176 e. The first-order chi connectivity index (χ1) is 11.1. The summed E-state index contributed by atoms with van der Waals surface area (Å²) in [5, 5.41) is 3.30. The molecule has 0 aliphatic rings. The minimum Gasteiger partial charge on any atom is -0.489 e. The molecule has 2 rings (SSSR count). The lowest BCUT2D eigenvalue weighted by molar-refractivity contribution is -0.109. The predicted molar refractivity (Wildman–Crippen MR) is 92.5 cm³/mol. The highest BCUT2D eigenvalue weighted by molar-refractivity contribution is 5.68. The second kappa shape index (κ2) is 8.41. The summed E-state index contributed by atoms with van der Waals surface area (Å²) in [5.41, 5.74) is 8.59. The van der Waals surface area contributed by atoms with Crippen LogP contribution in [0.15, 0.2) is 48.5 Å². The van der Waals surface area contributed by atoms with Gasteiger partial charge in [-0.2, -0.15) is 0 Å². The highest BCUT2D eigenvalue weighted by atomic mass is 16.7. The predicted octanol–water partition coefficient (Wildman–Crippen LogP) is 3.27. The van der Waals surface area contributed by atoms with Crippen LogP contribution in [0.5, 0.6) is 5.75 Å². The molecular weight excluding hydrogens is 292 g/mol. The lowest BCUT2D eigenvalue weighted by Gasteiger charge is -2.24. The van der Waals surface area contributed by atoms with Gasteiger partial charge in [-0.05, 0) is 24.6 Å². The number of nitrogen functional groups attached to an aromatic ring is 1. The number of hydrogen-bond acceptors (Lipinski definition) is 5. The zero-order valence-electron chi connectivity index (χ0n) is 13.8. The van der Waals surface area contributed by atoms with Crippen LogP contribution >= 0.6 is 0 Å². The summed E-state index contributed by atoms with van der Waals surface area (Å²) in [6.45, 7) is 2.48. The largest absolute Gasteiger partial charge is 0.489 e. The number of nitrogens with two attached hydrogens (primary N) is 1. The van der Waals surface area contributed by atoms with Gasteiger partial charge in [0.15, 0.2) is 6.29 Å². The van der Waals surface area contributed by atoms with Crippen LogP contribution in [0.4, 0.5) is 11.4 Å². The first kappa shape index (κ1) is 17.1. The Hall–Kier alpha value is -2.24. The van der Waals surface area contributed by atoms with Gasteiger partial charge in [-0.3, -0.25) is 0 Å². The fourth-order valence-electron chi connectivity index (χ4n) is 2.31. The van der Waals surface area contributed by atoms with E-state index in [4.69, 9.17) is 19.9 Å². The molecule has 0 heterocycles. The van der Waals surface area contributed by atoms with Crippen LogP contribution in [0.25, 0.3) is 0 Å². The summed E-state index contributed by atoms with van der Waals surface area (Å²) in [4.78, 5) is 0. The molecule has 1 unspecified atom stereocenters. The molecule has 23 heavy (non-hydrogen) atoms. The van der Waals surface area contributed by atoms with E-state index in [1.165, 1.54) is 0 Å². The van der Waals surface area contributed by atoms with Crippen molar-refractivity contribution < 1.29 is 14.2 Å². The third-order valence-corrected chi connectivity index (χ3v) is 3.53. The van der Waals surface area contributed by atoms with Gasteiger partial charge in [-0.15, -0.1) is 0 Å². The zero-order valence-corrected chi connectivity index (χ0v) is 13.8. The van der Waals surface area contributed by atoms with Crippen LogP contribution in [-0.4, -0.2) is 26.6 Å². The monoisotopic (exact) mass is 316 g/mol. The van der Waals surface area contributed by atoms with E-state index in [1.807, 2.05) is 55.5 Å². The Bertz CT molecular complexity index is 600. The van der Waals surface area contributed by atoms with E-state index < -0.39 is 0 Å². The summed E-state index contributed by atoms with van der Waals surface area (Å²) in [6, 6.07) is 15.5. The Kier molecular flexibility index (Phi) is 6.26. The maximum absolute atomic E-state index is 6.03. The van der Waals surface area contributed by atoms with Crippen molar-refractivity contribution in [3.8, 4) is 5.75 Å². The van der Waals surface area contributed by atoms with Crippen molar-refractivity contribution >= 4 is 11.4 Å². The SMILES string of the molecule is COC(OC)C(C)Nc1cc(OCc2ccccc2)ccc1N. The normalized spacial score (nSPS) is 12.2. The molecule has 124 valence electrons. The van der Waals surface area contributed by atoms with E-state index in [2.05, 4.69) is 5.32 Å². The van der Waals surface area contributed by atoms with Crippen molar-refractivity contribution in [3.63, 3.8) is 0 Å². The fraction of sp³-hybridized carbons (Fsp3) is 0.333. The second-order valence-corrected chi connectivity index (χ2v) is 5.30. The van der Waals surface area contributed by atoms with Gasteiger partial charge in [0, 0.05) is 20.3 Å². The molecule has 0 saturated carbocycles. The van der Waals surface area contributed by atoms with Gasteiger partial charge < -0.3 is 25.3 Å². The van der Waals surface area contributed by atoms with E-state index in [9.17, 15) is 0 Å². The molecule has 2 aromatic rings. The molecule has 0 radical (unpaired) electrons. The highest BCUT2D eigenvalue weighted by Crippen LogP contribution is 2.26. The van der Waals surface area contributed by atoms with Crippen LogP contribution in [0.3, 0.4) is 0 Å². The molecule has 0 spiro atoms. The van der Waals surface area contributed by atoms with Crippen molar-refractivity contribution in [2.45, 2.75) is 25.9 Å². The summed E-state index contributed by atoms with van der Waals surface area (Å²) in [5.74, 6) is 0.754. The van der Waals surface area contributed by atoms with Gasteiger partial charge in [-0.1, -0.05) is 30.3 Å². The van der Waals surface area contributed by atoms with Gasteiger partial charge in [-0.25, -0.2) is 0 Å². The van der Waals surface area contributed by atoms with Crippen molar-refractivity contribution in [2.24, 2.45) is 0 Å². The van der Waals surface area contributed by atoms with Crippen LogP contribution in [0.1, 0.15) is 12.5 Å². The highest BCUT2D eigenvalue weighted by Gasteiger charge is 2.16. The summed E-state index contributed by atoms with van der Waals surface area (Å²) < 4.78 is 16.3. The lowest BCUT2D eigenvalue weighted by atomic mass is 10.2. The van der Waals surface area contributed by atoms with Crippen LogP contribution < -0.4 is 15.8 Å². The Morgan fingerprint density at radius 1 is 1.04 bits per heavy atom.